The molecule has 0 unspecified atom stereocenters. The number of halogens is 2. The minimum Gasteiger partial charge on any atom is -0.383 e. The van der Waals surface area contributed by atoms with Crippen molar-refractivity contribution < 1.29 is 4.39 Å². The standard InChI is InChI=1S/C10H9ClFN3/c1-15-5-14-9(10(15)13)7-3-2-6(11)4-8(7)12/h2-5H,13H2,1H3. The van der Waals surface area contributed by atoms with Gasteiger partial charge in [0, 0.05) is 17.6 Å². The minimum atomic E-state index is -0.423. The van der Waals surface area contributed by atoms with E-state index in [0.717, 1.165) is 0 Å². The van der Waals surface area contributed by atoms with Gasteiger partial charge in [-0.3, -0.25) is 0 Å². The van der Waals surface area contributed by atoms with Gasteiger partial charge in [-0.1, -0.05) is 11.6 Å². The summed E-state index contributed by atoms with van der Waals surface area (Å²) in [7, 11) is 1.75. The van der Waals surface area contributed by atoms with E-state index in [1.807, 2.05) is 0 Å². The first-order chi connectivity index (χ1) is 7.09. The first-order valence-electron chi connectivity index (χ1n) is 4.32. The largest absolute Gasteiger partial charge is 0.383 e. The van der Waals surface area contributed by atoms with Crippen molar-refractivity contribution in [1.29, 1.82) is 0 Å². The second-order valence-corrected chi connectivity index (χ2v) is 3.65. The highest BCUT2D eigenvalue weighted by atomic mass is 35.5. The lowest BCUT2D eigenvalue weighted by Gasteiger charge is -2.02. The fraction of sp³-hybridized carbons (Fsp3) is 0.100. The van der Waals surface area contributed by atoms with Crippen molar-refractivity contribution in [3.8, 4) is 11.3 Å². The first kappa shape index (κ1) is 9.98. The van der Waals surface area contributed by atoms with Gasteiger partial charge in [0.1, 0.15) is 17.3 Å². The number of imidazole rings is 1. The SMILES string of the molecule is Cn1cnc(-c2ccc(Cl)cc2F)c1N. The van der Waals surface area contributed by atoms with Crippen LogP contribution in [0.5, 0.6) is 0 Å². The van der Waals surface area contributed by atoms with Gasteiger partial charge in [-0.25, -0.2) is 9.37 Å². The fourth-order valence-electron chi connectivity index (χ4n) is 1.33. The van der Waals surface area contributed by atoms with Gasteiger partial charge in [0.2, 0.25) is 0 Å². The summed E-state index contributed by atoms with van der Waals surface area (Å²) in [4.78, 5) is 4.03. The molecule has 0 aliphatic rings. The highest BCUT2D eigenvalue weighted by molar-refractivity contribution is 6.30. The van der Waals surface area contributed by atoms with Gasteiger partial charge in [-0.15, -0.1) is 0 Å². The third kappa shape index (κ3) is 1.68. The van der Waals surface area contributed by atoms with Gasteiger partial charge in [-0.05, 0) is 18.2 Å². The monoisotopic (exact) mass is 225 g/mol. The third-order valence-electron chi connectivity index (χ3n) is 2.17. The molecule has 0 amide bonds. The van der Waals surface area contributed by atoms with Gasteiger partial charge >= 0.3 is 0 Å². The number of nitrogen functional groups attached to an aromatic ring is 1. The molecule has 0 aliphatic heterocycles. The quantitative estimate of drug-likeness (QED) is 0.810. The van der Waals surface area contributed by atoms with E-state index >= 15 is 0 Å². The predicted molar refractivity (Wildman–Crippen MR) is 58.0 cm³/mol. The number of aryl methyl sites for hydroxylation is 1. The zero-order valence-corrected chi connectivity index (χ0v) is 8.79. The Kier molecular flexibility index (Phi) is 2.36. The first-order valence-corrected chi connectivity index (χ1v) is 4.69. The van der Waals surface area contributed by atoms with Crippen LogP contribution in [0.25, 0.3) is 11.3 Å². The predicted octanol–water partition coefficient (Wildman–Crippen LogP) is 2.46. The second kappa shape index (κ2) is 3.55. The molecule has 2 N–H and O–H groups in total. The van der Waals surface area contributed by atoms with Crippen molar-refractivity contribution in [3.05, 3.63) is 35.4 Å². The van der Waals surface area contributed by atoms with Crippen molar-refractivity contribution in [3.63, 3.8) is 0 Å². The summed E-state index contributed by atoms with van der Waals surface area (Å²) < 4.78 is 15.2. The molecule has 78 valence electrons. The Bertz CT molecular complexity index is 507. The summed E-state index contributed by atoms with van der Waals surface area (Å²) in [5.41, 5.74) is 6.54. The summed E-state index contributed by atoms with van der Waals surface area (Å²) in [6, 6.07) is 4.41. The normalized spacial score (nSPS) is 10.6. The molecule has 2 rings (SSSR count). The summed E-state index contributed by atoms with van der Waals surface area (Å²) in [5, 5.41) is 0.353. The summed E-state index contributed by atoms with van der Waals surface area (Å²) in [6.07, 6.45) is 1.54. The van der Waals surface area contributed by atoms with Crippen LogP contribution in [-0.2, 0) is 7.05 Å². The van der Waals surface area contributed by atoms with Gasteiger partial charge in [0.25, 0.3) is 0 Å². The molecule has 0 aliphatic carbocycles. The number of rotatable bonds is 1. The molecule has 5 heteroatoms. The zero-order chi connectivity index (χ0) is 11.0. The number of hydrogen-bond acceptors (Lipinski definition) is 2. The van der Waals surface area contributed by atoms with Crippen LogP contribution in [0.2, 0.25) is 5.02 Å². The van der Waals surface area contributed by atoms with Gasteiger partial charge < -0.3 is 10.3 Å². The number of aromatic nitrogens is 2. The van der Waals surface area contributed by atoms with E-state index in [1.165, 1.54) is 6.07 Å². The van der Waals surface area contributed by atoms with E-state index in [1.54, 1.807) is 30.1 Å². The van der Waals surface area contributed by atoms with Gasteiger partial charge in [-0.2, -0.15) is 0 Å². The molecule has 15 heavy (non-hydrogen) atoms. The Morgan fingerprint density at radius 1 is 1.47 bits per heavy atom. The Balaban J connectivity index is 2.59. The van der Waals surface area contributed by atoms with Crippen LogP contribution in [-0.4, -0.2) is 9.55 Å². The zero-order valence-electron chi connectivity index (χ0n) is 8.04. The summed E-state index contributed by atoms with van der Waals surface area (Å²) >= 11 is 5.65. The minimum absolute atomic E-state index is 0.353. The molecule has 1 aromatic heterocycles. The molecule has 0 radical (unpaired) electrons. The molecule has 3 nitrogen and oxygen atoms in total. The van der Waals surface area contributed by atoms with Crippen molar-refractivity contribution in [2.45, 2.75) is 0 Å². The average Bonchev–Trinajstić information content (AvgIpc) is 2.49. The van der Waals surface area contributed by atoms with Crippen molar-refractivity contribution in [1.82, 2.24) is 9.55 Å². The van der Waals surface area contributed by atoms with Crippen LogP contribution < -0.4 is 5.73 Å². The molecular weight excluding hydrogens is 217 g/mol. The number of benzene rings is 1. The Labute approximate surface area is 91.3 Å². The van der Waals surface area contributed by atoms with Crippen molar-refractivity contribution in [2.75, 3.05) is 5.73 Å². The number of anilines is 1. The molecule has 2 aromatic rings. The van der Waals surface area contributed by atoms with Crippen molar-refractivity contribution >= 4 is 17.4 Å². The van der Waals surface area contributed by atoms with Crippen LogP contribution in [0.1, 0.15) is 0 Å². The smallest absolute Gasteiger partial charge is 0.134 e. The van der Waals surface area contributed by atoms with E-state index in [2.05, 4.69) is 4.98 Å². The highest BCUT2D eigenvalue weighted by Gasteiger charge is 2.12. The molecule has 0 saturated heterocycles. The third-order valence-corrected chi connectivity index (χ3v) is 2.40. The molecule has 0 spiro atoms. The van der Waals surface area contributed by atoms with E-state index in [9.17, 15) is 4.39 Å². The van der Waals surface area contributed by atoms with E-state index in [4.69, 9.17) is 17.3 Å². The lowest BCUT2D eigenvalue weighted by atomic mass is 10.1. The van der Waals surface area contributed by atoms with Crippen LogP contribution in [0.4, 0.5) is 10.2 Å². The maximum Gasteiger partial charge on any atom is 0.134 e. The Morgan fingerprint density at radius 2 is 2.20 bits per heavy atom. The Morgan fingerprint density at radius 3 is 2.73 bits per heavy atom. The van der Waals surface area contributed by atoms with E-state index in [0.29, 0.717) is 22.1 Å². The van der Waals surface area contributed by atoms with Crippen LogP contribution >= 0.6 is 11.6 Å². The van der Waals surface area contributed by atoms with E-state index < -0.39 is 5.82 Å². The van der Waals surface area contributed by atoms with Crippen molar-refractivity contribution in [2.24, 2.45) is 7.05 Å². The summed E-state index contributed by atoms with van der Waals surface area (Å²) in [6.45, 7) is 0. The average molecular weight is 226 g/mol. The second-order valence-electron chi connectivity index (χ2n) is 3.21. The number of nitrogens with two attached hydrogens (primary N) is 1. The van der Waals surface area contributed by atoms with Crippen LogP contribution in [0, 0.1) is 5.82 Å². The Hall–Kier alpha value is -1.55. The van der Waals surface area contributed by atoms with Gasteiger partial charge in [0.15, 0.2) is 0 Å². The molecular formula is C10H9ClFN3. The summed E-state index contributed by atoms with van der Waals surface area (Å²) in [5.74, 6) is 0.00382. The molecule has 1 aromatic carbocycles. The highest BCUT2D eigenvalue weighted by Crippen LogP contribution is 2.27. The molecule has 0 saturated carbocycles. The molecule has 0 atom stereocenters. The number of nitrogens with zero attached hydrogens (tertiary/aromatic N) is 2. The number of hydrogen-bond donors (Lipinski definition) is 1. The molecule has 1 heterocycles. The van der Waals surface area contributed by atoms with Gasteiger partial charge in [0.05, 0.1) is 6.33 Å². The fourth-order valence-corrected chi connectivity index (χ4v) is 1.49. The lowest BCUT2D eigenvalue weighted by molar-refractivity contribution is 0.631. The lowest BCUT2D eigenvalue weighted by Crippen LogP contribution is -1.96. The topological polar surface area (TPSA) is 43.8 Å². The molecule has 0 bridgehead atoms. The van der Waals surface area contributed by atoms with Crippen LogP contribution in [0.3, 0.4) is 0 Å². The maximum absolute atomic E-state index is 13.5. The maximum atomic E-state index is 13.5. The van der Waals surface area contributed by atoms with Crippen LogP contribution in [0.15, 0.2) is 24.5 Å². The molecule has 0 fully saturated rings. The van der Waals surface area contributed by atoms with E-state index in [-0.39, 0.29) is 0 Å².